The Balaban J connectivity index is 1.89. The van der Waals surface area contributed by atoms with E-state index < -0.39 is 0 Å². The van der Waals surface area contributed by atoms with Crippen molar-refractivity contribution >= 4 is 60.1 Å². The van der Waals surface area contributed by atoms with Crippen molar-refractivity contribution in [2.45, 2.75) is 0 Å². The fourth-order valence-electron chi connectivity index (χ4n) is 1.73. The SMILES string of the molecule is COc1cc2sc(NC(=O)c3ccc(Br)o3)nc2cc1Cl. The molecule has 8 heteroatoms. The number of nitrogens with one attached hydrogen (secondary N) is 1. The largest absolute Gasteiger partial charge is 0.495 e. The quantitative estimate of drug-likeness (QED) is 0.715. The van der Waals surface area contributed by atoms with Crippen molar-refractivity contribution in [1.82, 2.24) is 4.98 Å². The summed E-state index contributed by atoms with van der Waals surface area (Å²) < 4.78 is 11.7. The molecule has 5 nitrogen and oxygen atoms in total. The second-order valence-electron chi connectivity index (χ2n) is 4.03. The Morgan fingerprint density at radius 3 is 2.95 bits per heavy atom. The van der Waals surface area contributed by atoms with Crippen LogP contribution in [0.4, 0.5) is 5.13 Å². The Hall–Kier alpha value is -1.57. The molecule has 0 saturated heterocycles. The van der Waals surface area contributed by atoms with Gasteiger partial charge in [0.05, 0.1) is 22.3 Å². The number of halogens is 2. The van der Waals surface area contributed by atoms with Gasteiger partial charge in [0, 0.05) is 6.07 Å². The summed E-state index contributed by atoms with van der Waals surface area (Å²) in [6, 6.07) is 6.71. The van der Waals surface area contributed by atoms with Crippen LogP contribution in [0.2, 0.25) is 5.02 Å². The van der Waals surface area contributed by atoms with Crippen molar-refractivity contribution in [3.05, 3.63) is 39.7 Å². The summed E-state index contributed by atoms with van der Waals surface area (Å²) in [5, 5.41) is 3.63. The Morgan fingerprint density at radius 2 is 2.29 bits per heavy atom. The van der Waals surface area contributed by atoms with Crippen LogP contribution < -0.4 is 10.1 Å². The van der Waals surface area contributed by atoms with Gasteiger partial charge in [-0.05, 0) is 34.1 Å². The first-order valence-electron chi connectivity index (χ1n) is 5.77. The summed E-state index contributed by atoms with van der Waals surface area (Å²) in [5.74, 6) is 0.412. The topological polar surface area (TPSA) is 64.4 Å². The van der Waals surface area contributed by atoms with E-state index in [2.05, 4.69) is 26.2 Å². The monoisotopic (exact) mass is 386 g/mol. The highest BCUT2D eigenvalue weighted by molar-refractivity contribution is 9.10. The molecule has 0 spiro atoms. The molecule has 0 fully saturated rings. The minimum absolute atomic E-state index is 0.205. The number of carbonyl (C=O) groups is 1. The summed E-state index contributed by atoms with van der Waals surface area (Å²) in [6.45, 7) is 0. The Morgan fingerprint density at radius 1 is 1.48 bits per heavy atom. The van der Waals surface area contributed by atoms with E-state index >= 15 is 0 Å². The first-order chi connectivity index (χ1) is 10.1. The minimum Gasteiger partial charge on any atom is -0.495 e. The van der Waals surface area contributed by atoms with Crippen LogP contribution in [0.3, 0.4) is 0 Å². The van der Waals surface area contributed by atoms with E-state index in [1.165, 1.54) is 11.3 Å². The number of hydrogen-bond acceptors (Lipinski definition) is 5. The third kappa shape index (κ3) is 2.90. The van der Waals surface area contributed by atoms with Crippen molar-refractivity contribution in [2.24, 2.45) is 0 Å². The van der Waals surface area contributed by atoms with Crippen molar-refractivity contribution in [3.8, 4) is 5.75 Å². The zero-order valence-corrected chi connectivity index (χ0v) is 13.8. The molecular formula is C13H8BrClN2O3S. The highest BCUT2D eigenvalue weighted by atomic mass is 79.9. The van der Waals surface area contributed by atoms with Gasteiger partial charge < -0.3 is 9.15 Å². The van der Waals surface area contributed by atoms with Crippen molar-refractivity contribution in [3.63, 3.8) is 0 Å². The van der Waals surface area contributed by atoms with E-state index in [0.717, 1.165) is 4.70 Å². The molecule has 0 aliphatic rings. The minimum atomic E-state index is -0.363. The standard InChI is InChI=1S/C13H8BrClN2O3S/c1-19-9-5-10-7(4-6(9)15)16-13(21-10)17-12(18)8-2-3-11(14)20-8/h2-5H,1H3,(H,16,17,18). The number of fused-ring (bicyclic) bond motifs is 1. The van der Waals surface area contributed by atoms with E-state index in [0.29, 0.717) is 26.1 Å². The number of nitrogens with zero attached hydrogens (tertiary/aromatic N) is 1. The van der Waals surface area contributed by atoms with Gasteiger partial charge in [-0.1, -0.05) is 22.9 Å². The van der Waals surface area contributed by atoms with Gasteiger partial charge in [0.15, 0.2) is 15.6 Å². The summed E-state index contributed by atoms with van der Waals surface area (Å²) in [4.78, 5) is 16.3. The third-order valence-electron chi connectivity index (χ3n) is 2.68. The molecule has 0 bridgehead atoms. The fraction of sp³-hybridized carbons (Fsp3) is 0.0769. The Labute approximate surface area is 137 Å². The number of benzene rings is 1. The van der Waals surface area contributed by atoms with Gasteiger partial charge >= 0.3 is 0 Å². The molecule has 3 aromatic rings. The van der Waals surface area contributed by atoms with Crippen LogP contribution in [0.25, 0.3) is 10.2 Å². The number of rotatable bonds is 3. The number of ether oxygens (including phenoxy) is 1. The predicted octanol–water partition coefficient (Wildman–Crippen LogP) is 4.57. The lowest BCUT2D eigenvalue weighted by atomic mass is 10.3. The average molecular weight is 388 g/mol. The summed E-state index contributed by atoms with van der Waals surface area (Å²) in [5.41, 5.74) is 0.696. The van der Waals surface area contributed by atoms with Crippen LogP contribution in [0.1, 0.15) is 10.6 Å². The molecule has 2 heterocycles. The van der Waals surface area contributed by atoms with Crippen LogP contribution in [-0.2, 0) is 0 Å². The normalized spacial score (nSPS) is 10.8. The second kappa shape index (κ2) is 5.67. The van der Waals surface area contributed by atoms with Crippen LogP contribution in [0, 0.1) is 0 Å². The summed E-state index contributed by atoms with van der Waals surface area (Å²) >= 11 is 10.5. The van der Waals surface area contributed by atoms with Gasteiger partial charge in [-0.25, -0.2) is 4.98 Å². The molecule has 3 rings (SSSR count). The number of anilines is 1. The maximum absolute atomic E-state index is 12.0. The lowest BCUT2D eigenvalue weighted by molar-refractivity contribution is 0.0995. The van der Waals surface area contributed by atoms with Crippen molar-refractivity contribution in [2.75, 3.05) is 12.4 Å². The van der Waals surface area contributed by atoms with Gasteiger partial charge in [-0.3, -0.25) is 10.1 Å². The maximum Gasteiger partial charge on any atom is 0.293 e. The molecule has 1 aromatic carbocycles. The molecule has 0 saturated carbocycles. The first-order valence-corrected chi connectivity index (χ1v) is 7.76. The highest BCUT2D eigenvalue weighted by Crippen LogP contribution is 2.34. The second-order valence-corrected chi connectivity index (χ2v) is 6.25. The van der Waals surface area contributed by atoms with Gasteiger partial charge in [0.2, 0.25) is 0 Å². The molecule has 0 aliphatic heterocycles. The van der Waals surface area contributed by atoms with Gasteiger partial charge in [0.25, 0.3) is 5.91 Å². The third-order valence-corrected chi connectivity index (χ3v) is 4.33. The summed E-state index contributed by atoms with van der Waals surface area (Å²) in [6.07, 6.45) is 0. The van der Waals surface area contributed by atoms with Crippen LogP contribution >= 0.6 is 38.9 Å². The van der Waals surface area contributed by atoms with Crippen LogP contribution in [0.15, 0.2) is 33.4 Å². The van der Waals surface area contributed by atoms with E-state index in [1.807, 2.05) is 0 Å². The number of thiazole rings is 1. The maximum atomic E-state index is 12.0. The highest BCUT2D eigenvalue weighted by Gasteiger charge is 2.14. The fourth-order valence-corrected chi connectivity index (χ4v) is 3.15. The molecule has 0 aliphatic carbocycles. The Bertz CT molecular complexity index is 830. The van der Waals surface area contributed by atoms with Crippen LogP contribution in [0.5, 0.6) is 5.75 Å². The van der Waals surface area contributed by atoms with E-state index in [1.54, 1.807) is 31.4 Å². The lowest BCUT2D eigenvalue weighted by Gasteiger charge is -2.00. The molecule has 0 radical (unpaired) electrons. The number of carbonyl (C=O) groups excluding carboxylic acids is 1. The molecule has 2 aromatic heterocycles. The zero-order valence-electron chi connectivity index (χ0n) is 10.6. The molecule has 21 heavy (non-hydrogen) atoms. The van der Waals surface area contributed by atoms with Crippen molar-refractivity contribution in [1.29, 1.82) is 0 Å². The van der Waals surface area contributed by atoms with Gasteiger partial charge in [-0.15, -0.1) is 0 Å². The molecule has 108 valence electrons. The van der Waals surface area contributed by atoms with Crippen LogP contribution in [-0.4, -0.2) is 18.0 Å². The molecule has 0 atom stereocenters. The Kier molecular flexibility index (Phi) is 3.88. The molecule has 0 unspecified atom stereocenters. The molecule has 1 N–H and O–H groups in total. The smallest absolute Gasteiger partial charge is 0.293 e. The predicted molar refractivity (Wildman–Crippen MR) is 85.5 cm³/mol. The van der Waals surface area contributed by atoms with E-state index in [9.17, 15) is 4.79 Å². The number of amides is 1. The van der Waals surface area contributed by atoms with Crippen molar-refractivity contribution < 1.29 is 13.9 Å². The van der Waals surface area contributed by atoms with E-state index in [-0.39, 0.29) is 11.7 Å². The number of hydrogen-bond donors (Lipinski definition) is 1. The molecule has 1 amide bonds. The first kappa shape index (κ1) is 14.4. The lowest BCUT2D eigenvalue weighted by Crippen LogP contribution is -2.10. The number of furan rings is 1. The zero-order chi connectivity index (χ0) is 15.0. The summed E-state index contributed by atoms with van der Waals surface area (Å²) in [7, 11) is 1.55. The van der Waals surface area contributed by atoms with E-state index in [4.69, 9.17) is 20.8 Å². The van der Waals surface area contributed by atoms with Gasteiger partial charge in [-0.2, -0.15) is 0 Å². The average Bonchev–Trinajstić information content (AvgIpc) is 3.03. The number of aromatic nitrogens is 1. The van der Waals surface area contributed by atoms with Gasteiger partial charge in [0.1, 0.15) is 5.75 Å². The number of methoxy groups -OCH3 is 1. The molecular weight excluding hydrogens is 380 g/mol.